The summed E-state index contributed by atoms with van der Waals surface area (Å²) in [7, 11) is 0. The van der Waals surface area contributed by atoms with Crippen LogP contribution in [0.5, 0.6) is 0 Å². The minimum atomic E-state index is -0.802. The van der Waals surface area contributed by atoms with Crippen LogP contribution in [0.2, 0.25) is 0 Å². The van der Waals surface area contributed by atoms with E-state index in [2.05, 4.69) is 17.0 Å². The summed E-state index contributed by atoms with van der Waals surface area (Å²) in [4.78, 5) is 15.4. The predicted octanol–water partition coefficient (Wildman–Crippen LogP) is 1.19. The quantitative estimate of drug-likeness (QED) is 0.812. The summed E-state index contributed by atoms with van der Waals surface area (Å²) in [5.74, 6) is 0.807. The van der Waals surface area contributed by atoms with Crippen LogP contribution in [0.25, 0.3) is 0 Å². The van der Waals surface area contributed by atoms with Crippen LogP contribution in [0, 0.1) is 0 Å². The maximum Gasteiger partial charge on any atom is 0.328 e. The lowest BCUT2D eigenvalue weighted by molar-refractivity contribution is -0.141. The Kier molecular flexibility index (Phi) is 2.70. The second-order valence-electron chi connectivity index (χ2n) is 3.89. The Balaban J connectivity index is 2.30. The van der Waals surface area contributed by atoms with Gasteiger partial charge < -0.3 is 5.11 Å². The van der Waals surface area contributed by atoms with Gasteiger partial charge in [0.05, 0.1) is 0 Å². The Morgan fingerprint density at radius 3 is 3.13 bits per heavy atom. The summed E-state index contributed by atoms with van der Waals surface area (Å²) in [6.45, 7) is 2.06. The number of nitrogens with zero attached hydrogens (tertiary/aromatic N) is 3. The zero-order valence-corrected chi connectivity index (χ0v) is 8.81. The van der Waals surface area contributed by atoms with E-state index in [0.717, 1.165) is 37.3 Å². The summed E-state index contributed by atoms with van der Waals surface area (Å²) >= 11 is 0. The zero-order valence-electron chi connectivity index (χ0n) is 8.81. The highest BCUT2D eigenvalue weighted by Gasteiger charge is 2.28. The third-order valence-corrected chi connectivity index (χ3v) is 2.68. The molecule has 0 fully saturated rings. The number of aliphatic carboxylic acids is 1. The average Bonchev–Trinajstić information content (AvgIpc) is 2.59. The van der Waals surface area contributed by atoms with Crippen molar-refractivity contribution in [2.24, 2.45) is 0 Å². The third kappa shape index (κ3) is 1.86. The van der Waals surface area contributed by atoms with Gasteiger partial charge in [-0.05, 0) is 19.3 Å². The van der Waals surface area contributed by atoms with E-state index in [1.54, 1.807) is 4.68 Å². The van der Waals surface area contributed by atoms with Crippen LogP contribution < -0.4 is 0 Å². The number of aromatic nitrogens is 3. The van der Waals surface area contributed by atoms with E-state index in [0.29, 0.717) is 6.42 Å². The number of carboxylic acids is 1. The van der Waals surface area contributed by atoms with E-state index in [4.69, 9.17) is 5.11 Å². The van der Waals surface area contributed by atoms with E-state index in [-0.39, 0.29) is 0 Å². The van der Waals surface area contributed by atoms with Crippen molar-refractivity contribution in [3.8, 4) is 0 Å². The molecule has 5 heteroatoms. The molecule has 0 saturated carbocycles. The van der Waals surface area contributed by atoms with Crippen LogP contribution in [0.3, 0.4) is 0 Å². The zero-order chi connectivity index (χ0) is 10.8. The molecule has 1 aliphatic heterocycles. The molecule has 0 saturated heterocycles. The van der Waals surface area contributed by atoms with Crippen molar-refractivity contribution in [1.82, 2.24) is 14.8 Å². The number of hydrogen-bond acceptors (Lipinski definition) is 3. The Morgan fingerprint density at radius 1 is 1.67 bits per heavy atom. The number of fused-ring (bicyclic) bond motifs is 1. The fraction of sp³-hybridized carbons (Fsp3) is 0.700. The van der Waals surface area contributed by atoms with Crippen molar-refractivity contribution in [3.63, 3.8) is 0 Å². The summed E-state index contributed by atoms with van der Waals surface area (Å²) in [6.07, 6.45) is 4.21. The van der Waals surface area contributed by atoms with E-state index in [9.17, 15) is 4.79 Å². The molecule has 1 unspecified atom stereocenters. The molecular weight excluding hydrogens is 194 g/mol. The van der Waals surface area contributed by atoms with Gasteiger partial charge in [0.25, 0.3) is 0 Å². The van der Waals surface area contributed by atoms with Crippen molar-refractivity contribution in [2.75, 3.05) is 0 Å². The summed E-state index contributed by atoms with van der Waals surface area (Å²) in [5.41, 5.74) is 0. The van der Waals surface area contributed by atoms with Crippen molar-refractivity contribution >= 4 is 5.97 Å². The molecule has 0 aliphatic carbocycles. The third-order valence-electron chi connectivity index (χ3n) is 2.68. The lowest BCUT2D eigenvalue weighted by Crippen LogP contribution is -2.26. The minimum absolute atomic E-state index is 0.508. The second kappa shape index (κ2) is 4.00. The van der Waals surface area contributed by atoms with Crippen molar-refractivity contribution in [1.29, 1.82) is 0 Å². The first kappa shape index (κ1) is 10.1. The van der Waals surface area contributed by atoms with Gasteiger partial charge in [0.2, 0.25) is 0 Å². The molecule has 1 aliphatic rings. The average molecular weight is 209 g/mol. The number of carboxylic acid groups (broad SMARTS) is 1. The van der Waals surface area contributed by atoms with Gasteiger partial charge in [0, 0.05) is 12.8 Å². The van der Waals surface area contributed by atoms with Crippen molar-refractivity contribution < 1.29 is 9.90 Å². The van der Waals surface area contributed by atoms with Crippen LogP contribution in [0.15, 0.2) is 0 Å². The highest BCUT2D eigenvalue weighted by atomic mass is 16.4. The molecule has 0 aromatic carbocycles. The van der Waals surface area contributed by atoms with Gasteiger partial charge in [0.1, 0.15) is 5.82 Å². The summed E-state index contributed by atoms with van der Waals surface area (Å²) in [5, 5.41) is 13.3. The van der Waals surface area contributed by atoms with Crippen LogP contribution >= 0.6 is 0 Å². The van der Waals surface area contributed by atoms with E-state index in [1.807, 2.05) is 0 Å². The number of carbonyl (C=O) groups is 1. The van der Waals surface area contributed by atoms with Crippen molar-refractivity contribution in [2.45, 2.75) is 45.1 Å². The molecule has 0 spiro atoms. The first-order valence-electron chi connectivity index (χ1n) is 5.39. The Hall–Kier alpha value is -1.39. The first-order chi connectivity index (χ1) is 7.22. The standard InChI is InChI=1S/C10H15N3O2/c1-2-4-8-11-9-6-3-5-7(10(14)15)13(9)12-8/h7H,2-6H2,1H3,(H,14,15). The smallest absolute Gasteiger partial charge is 0.328 e. The molecule has 15 heavy (non-hydrogen) atoms. The molecule has 0 amide bonds. The molecule has 1 atom stereocenters. The van der Waals surface area contributed by atoms with Gasteiger partial charge in [-0.1, -0.05) is 6.92 Å². The number of hydrogen-bond donors (Lipinski definition) is 1. The Labute approximate surface area is 88.1 Å². The monoisotopic (exact) mass is 209 g/mol. The predicted molar refractivity (Wildman–Crippen MR) is 53.6 cm³/mol. The maximum atomic E-state index is 11.0. The molecule has 1 N–H and O–H groups in total. The fourth-order valence-electron chi connectivity index (χ4n) is 1.96. The summed E-state index contributed by atoms with van der Waals surface area (Å²) in [6, 6.07) is -0.508. The molecular formula is C10H15N3O2. The van der Waals surface area contributed by atoms with Gasteiger partial charge >= 0.3 is 5.97 Å². The Bertz CT molecular complexity index is 373. The number of aryl methyl sites for hydroxylation is 2. The molecule has 1 aromatic rings. The van der Waals surface area contributed by atoms with E-state index in [1.165, 1.54) is 0 Å². The maximum absolute atomic E-state index is 11.0. The summed E-state index contributed by atoms with van der Waals surface area (Å²) < 4.78 is 1.59. The normalized spacial score (nSPS) is 19.9. The van der Waals surface area contributed by atoms with Crippen LogP contribution in [-0.2, 0) is 17.6 Å². The van der Waals surface area contributed by atoms with E-state index >= 15 is 0 Å². The van der Waals surface area contributed by atoms with Gasteiger partial charge in [-0.15, -0.1) is 0 Å². The molecule has 1 aromatic heterocycles. The lowest BCUT2D eigenvalue weighted by atomic mass is 10.1. The first-order valence-corrected chi connectivity index (χ1v) is 5.39. The van der Waals surface area contributed by atoms with Gasteiger partial charge in [-0.2, -0.15) is 5.10 Å². The van der Waals surface area contributed by atoms with Crippen molar-refractivity contribution in [3.05, 3.63) is 11.6 Å². The largest absolute Gasteiger partial charge is 0.480 e. The Morgan fingerprint density at radius 2 is 2.47 bits per heavy atom. The lowest BCUT2D eigenvalue weighted by Gasteiger charge is -2.19. The van der Waals surface area contributed by atoms with Crippen LogP contribution in [0.4, 0.5) is 0 Å². The molecule has 0 bridgehead atoms. The molecule has 0 radical (unpaired) electrons. The minimum Gasteiger partial charge on any atom is -0.480 e. The van der Waals surface area contributed by atoms with Gasteiger partial charge in [0.15, 0.2) is 11.9 Å². The highest BCUT2D eigenvalue weighted by molar-refractivity contribution is 5.71. The van der Waals surface area contributed by atoms with Gasteiger partial charge in [-0.25, -0.2) is 14.5 Å². The fourth-order valence-corrected chi connectivity index (χ4v) is 1.96. The van der Waals surface area contributed by atoms with E-state index < -0.39 is 12.0 Å². The molecule has 2 rings (SSSR count). The van der Waals surface area contributed by atoms with Crippen LogP contribution in [-0.4, -0.2) is 25.8 Å². The molecule has 5 nitrogen and oxygen atoms in total. The van der Waals surface area contributed by atoms with Gasteiger partial charge in [-0.3, -0.25) is 0 Å². The molecule has 82 valence electrons. The molecule has 2 heterocycles. The second-order valence-corrected chi connectivity index (χ2v) is 3.89. The highest BCUT2D eigenvalue weighted by Crippen LogP contribution is 2.23. The van der Waals surface area contributed by atoms with Crippen LogP contribution in [0.1, 0.15) is 43.9 Å². The number of rotatable bonds is 3. The topological polar surface area (TPSA) is 68.0 Å². The SMILES string of the molecule is CCCc1nc2n(n1)C(C(=O)O)CCC2.